The quantitative estimate of drug-likeness (QED) is 0.412. The molecule has 0 saturated heterocycles. The van der Waals surface area contributed by atoms with E-state index in [-0.39, 0.29) is 34.7 Å². The number of hydrogen-bond acceptors (Lipinski definition) is 3. The summed E-state index contributed by atoms with van der Waals surface area (Å²) in [6.45, 7) is 0. The molecule has 4 nitrogen and oxygen atoms in total. The SMILES string of the molecule is O=C1c2ccccc2C(=O)N1c1ccc(Oc2c(F)cc(C(F)(F)F)cc2F)cc1. The van der Waals surface area contributed by atoms with Gasteiger partial charge in [-0.3, -0.25) is 9.59 Å². The number of rotatable bonds is 3. The minimum Gasteiger partial charge on any atom is -0.451 e. The fourth-order valence-corrected chi connectivity index (χ4v) is 3.03. The van der Waals surface area contributed by atoms with Crippen LogP contribution in [0.3, 0.4) is 0 Å². The van der Waals surface area contributed by atoms with E-state index in [1.165, 1.54) is 36.4 Å². The van der Waals surface area contributed by atoms with Crippen molar-refractivity contribution in [1.29, 1.82) is 0 Å². The molecule has 1 aliphatic heterocycles. The van der Waals surface area contributed by atoms with Crippen molar-refractivity contribution in [2.45, 2.75) is 6.18 Å². The van der Waals surface area contributed by atoms with Crippen molar-refractivity contribution in [1.82, 2.24) is 0 Å². The van der Waals surface area contributed by atoms with Crippen molar-refractivity contribution < 1.29 is 36.3 Å². The largest absolute Gasteiger partial charge is 0.451 e. The van der Waals surface area contributed by atoms with Crippen molar-refractivity contribution in [3.05, 3.63) is 89.0 Å². The van der Waals surface area contributed by atoms with Gasteiger partial charge in [-0.1, -0.05) is 12.1 Å². The average Bonchev–Trinajstić information content (AvgIpc) is 2.95. The van der Waals surface area contributed by atoms with Gasteiger partial charge < -0.3 is 4.74 Å². The van der Waals surface area contributed by atoms with E-state index in [2.05, 4.69) is 0 Å². The Morgan fingerprint density at radius 2 is 1.27 bits per heavy atom. The highest BCUT2D eigenvalue weighted by atomic mass is 19.4. The van der Waals surface area contributed by atoms with Gasteiger partial charge in [0.25, 0.3) is 11.8 Å². The Balaban J connectivity index is 1.59. The molecule has 1 heterocycles. The van der Waals surface area contributed by atoms with Gasteiger partial charge in [0.05, 0.1) is 22.4 Å². The molecule has 0 fully saturated rings. The summed E-state index contributed by atoms with van der Waals surface area (Å²) in [5, 5.41) is 0. The van der Waals surface area contributed by atoms with Gasteiger partial charge in [0.1, 0.15) is 5.75 Å². The van der Waals surface area contributed by atoms with Gasteiger partial charge in [0.2, 0.25) is 0 Å². The first-order chi connectivity index (χ1) is 14.2. The molecule has 3 aromatic rings. The number of nitrogens with zero attached hydrogens (tertiary/aromatic N) is 1. The lowest BCUT2D eigenvalue weighted by Crippen LogP contribution is -2.29. The number of imide groups is 1. The second-order valence-corrected chi connectivity index (χ2v) is 6.35. The summed E-state index contributed by atoms with van der Waals surface area (Å²) in [5.41, 5.74) is -0.791. The van der Waals surface area contributed by atoms with E-state index in [1.54, 1.807) is 12.1 Å². The van der Waals surface area contributed by atoms with Gasteiger partial charge in [0, 0.05) is 0 Å². The molecule has 0 spiro atoms. The molecule has 0 radical (unpaired) electrons. The van der Waals surface area contributed by atoms with E-state index in [1.807, 2.05) is 0 Å². The Morgan fingerprint density at radius 1 is 0.767 bits per heavy atom. The zero-order chi connectivity index (χ0) is 21.6. The lowest BCUT2D eigenvalue weighted by Gasteiger charge is -2.15. The number of hydrogen-bond donors (Lipinski definition) is 0. The van der Waals surface area contributed by atoms with Crippen molar-refractivity contribution in [3.8, 4) is 11.5 Å². The molecule has 1 aliphatic rings. The van der Waals surface area contributed by atoms with E-state index < -0.39 is 40.9 Å². The van der Waals surface area contributed by atoms with Crippen LogP contribution in [0.1, 0.15) is 26.3 Å². The average molecular weight is 419 g/mol. The summed E-state index contributed by atoms with van der Waals surface area (Å²) in [5.74, 6) is -5.20. The Morgan fingerprint density at radius 3 is 1.73 bits per heavy atom. The molecule has 30 heavy (non-hydrogen) atoms. The Kier molecular flexibility index (Phi) is 4.53. The van der Waals surface area contributed by atoms with E-state index >= 15 is 0 Å². The normalized spacial score (nSPS) is 13.6. The number of fused-ring (bicyclic) bond motifs is 1. The molecule has 0 aliphatic carbocycles. The first kappa shape index (κ1) is 19.6. The third kappa shape index (κ3) is 3.28. The van der Waals surface area contributed by atoms with Gasteiger partial charge in [-0.2, -0.15) is 13.2 Å². The van der Waals surface area contributed by atoms with Gasteiger partial charge in [-0.05, 0) is 48.5 Å². The number of carbonyl (C=O) groups is 2. The monoisotopic (exact) mass is 419 g/mol. The topological polar surface area (TPSA) is 46.6 Å². The number of amides is 2. The van der Waals surface area contributed by atoms with Gasteiger partial charge >= 0.3 is 6.18 Å². The fraction of sp³-hybridized carbons (Fsp3) is 0.0476. The number of ether oxygens (including phenoxy) is 1. The molecule has 152 valence electrons. The van der Waals surface area contributed by atoms with Gasteiger partial charge in [-0.15, -0.1) is 0 Å². The molecular formula is C21H10F5NO3. The highest BCUT2D eigenvalue weighted by Crippen LogP contribution is 2.36. The van der Waals surface area contributed by atoms with Gasteiger partial charge in [-0.25, -0.2) is 13.7 Å². The molecular weight excluding hydrogens is 409 g/mol. The smallest absolute Gasteiger partial charge is 0.416 e. The zero-order valence-corrected chi connectivity index (χ0v) is 14.8. The van der Waals surface area contributed by atoms with Crippen LogP contribution in [0.15, 0.2) is 60.7 Å². The summed E-state index contributed by atoms with van der Waals surface area (Å²) in [4.78, 5) is 25.9. The Hall–Kier alpha value is -3.75. The first-order valence-corrected chi connectivity index (χ1v) is 8.49. The second kappa shape index (κ2) is 6.94. The molecule has 4 rings (SSSR count). The van der Waals surface area contributed by atoms with E-state index in [0.29, 0.717) is 0 Å². The van der Waals surface area contributed by atoms with Crippen LogP contribution in [0, 0.1) is 11.6 Å². The molecule has 0 atom stereocenters. The van der Waals surface area contributed by atoms with E-state index in [0.717, 1.165) is 4.90 Å². The van der Waals surface area contributed by atoms with Crippen LogP contribution in [-0.2, 0) is 6.18 Å². The number of benzene rings is 3. The maximum Gasteiger partial charge on any atom is 0.416 e. The molecule has 0 bridgehead atoms. The first-order valence-electron chi connectivity index (χ1n) is 8.49. The Labute approximate surface area is 166 Å². The lowest BCUT2D eigenvalue weighted by molar-refractivity contribution is -0.138. The molecule has 3 aromatic carbocycles. The maximum atomic E-state index is 13.9. The van der Waals surface area contributed by atoms with E-state index in [4.69, 9.17) is 4.74 Å². The van der Waals surface area contributed by atoms with Crippen molar-refractivity contribution in [2.24, 2.45) is 0 Å². The van der Waals surface area contributed by atoms with Crippen LogP contribution >= 0.6 is 0 Å². The number of halogens is 5. The minimum atomic E-state index is -4.91. The number of carbonyl (C=O) groups excluding carboxylic acids is 2. The van der Waals surface area contributed by atoms with Crippen molar-refractivity contribution >= 4 is 17.5 Å². The zero-order valence-electron chi connectivity index (χ0n) is 14.8. The van der Waals surface area contributed by atoms with Crippen molar-refractivity contribution in [3.63, 3.8) is 0 Å². The third-order valence-corrected chi connectivity index (χ3v) is 4.43. The minimum absolute atomic E-state index is 0.104. The summed E-state index contributed by atoms with van der Waals surface area (Å²) >= 11 is 0. The molecule has 0 unspecified atom stereocenters. The standard InChI is InChI=1S/C21H10F5NO3/c22-16-9-11(21(24,25)26)10-17(23)18(16)30-13-7-5-12(6-8-13)27-19(28)14-3-1-2-4-15(14)20(27)29/h1-10H. The van der Waals surface area contributed by atoms with Crippen LogP contribution in [-0.4, -0.2) is 11.8 Å². The summed E-state index contributed by atoms with van der Waals surface area (Å²) in [6, 6.07) is 11.6. The van der Waals surface area contributed by atoms with Crippen molar-refractivity contribution in [2.75, 3.05) is 4.90 Å². The Bertz CT molecular complexity index is 1110. The second-order valence-electron chi connectivity index (χ2n) is 6.35. The highest BCUT2D eigenvalue weighted by Gasteiger charge is 2.36. The summed E-state index contributed by atoms with van der Waals surface area (Å²) < 4.78 is 70.8. The molecule has 0 N–H and O–H groups in total. The van der Waals surface area contributed by atoms with Crippen LogP contribution in [0.25, 0.3) is 0 Å². The number of anilines is 1. The van der Waals surface area contributed by atoms with Crippen LogP contribution in [0.4, 0.5) is 27.6 Å². The lowest BCUT2D eigenvalue weighted by atomic mass is 10.1. The number of alkyl halides is 3. The molecule has 9 heteroatoms. The molecule has 2 amide bonds. The van der Waals surface area contributed by atoms with Gasteiger partial charge in [0.15, 0.2) is 17.4 Å². The summed E-state index contributed by atoms with van der Waals surface area (Å²) in [7, 11) is 0. The predicted molar refractivity (Wildman–Crippen MR) is 95.5 cm³/mol. The third-order valence-electron chi connectivity index (χ3n) is 4.43. The predicted octanol–water partition coefficient (Wildman–Crippen LogP) is 5.58. The van der Waals surface area contributed by atoms with Crippen LogP contribution < -0.4 is 9.64 Å². The molecule has 0 aromatic heterocycles. The highest BCUT2D eigenvalue weighted by molar-refractivity contribution is 6.34. The fourth-order valence-electron chi connectivity index (χ4n) is 3.03. The molecule has 0 saturated carbocycles. The summed E-state index contributed by atoms with van der Waals surface area (Å²) in [6.07, 6.45) is -4.91. The maximum absolute atomic E-state index is 13.9. The van der Waals surface area contributed by atoms with E-state index in [9.17, 15) is 31.5 Å². The van der Waals surface area contributed by atoms with Crippen LogP contribution in [0.2, 0.25) is 0 Å². The van der Waals surface area contributed by atoms with Crippen LogP contribution in [0.5, 0.6) is 11.5 Å².